The van der Waals surface area contributed by atoms with E-state index in [4.69, 9.17) is 9.57 Å². The summed E-state index contributed by atoms with van der Waals surface area (Å²) in [6, 6.07) is 5.22. The van der Waals surface area contributed by atoms with Crippen LogP contribution in [0.25, 0.3) is 0 Å². The van der Waals surface area contributed by atoms with Gasteiger partial charge in [-0.05, 0) is 45.2 Å². The standard InChI is InChI=1S/C19H22N2O6/c1-19(2,3)26-18(25)20-14(10-11-8-9-11)17(24)27-21-15(22)12-6-4-5-7-13(12)16(21)23/h4-7,11,14H,8-10H2,1-3H3,(H,20,25). The Hall–Kier alpha value is -2.90. The lowest BCUT2D eigenvalue weighted by Gasteiger charge is -2.23. The molecule has 1 atom stereocenters. The van der Waals surface area contributed by atoms with Gasteiger partial charge in [-0.3, -0.25) is 9.59 Å². The van der Waals surface area contributed by atoms with Crippen LogP contribution in [-0.2, 0) is 14.4 Å². The number of hydrogen-bond acceptors (Lipinski definition) is 6. The molecule has 0 aromatic heterocycles. The first-order valence-electron chi connectivity index (χ1n) is 8.85. The number of carbonyl (C=O) groups excluding carboxylic acids is 4. The van der Waals surface area contributed by atoms with Crippen LogP contribution < -0.4 is 5.32 Å². The Balaban J connectivity index is 1.69. The van der Waals surface area contributed by atoms with E-state index >= 15 is 0 Å². The minimum atomic E-state index is -1.00. The summed E-state index contributed by atoms with van der Waals surface area (Å²) in [6.07, 6.45) is 1.51. The highest BCUT2D eigenvalue weighted by molar-refractivity contribution is 6.20. The molecular weight excluding hydrogens is 352 g/mol. The number of fused-ring (bicyclic) bond motifs is 1. The van der Waals surface area contributed by atoms with Gasteiger partial charge in [0.25, 0.3) is 11.8 Å². The van der Waals surface area contributed by atoms with E-state index in [2.05, 4.69) is 5.32 Å². The summed E-state index contributed by atoms with van der Waals surface area (Å²) in [5.41, 5.74) is -0.371. The number of benzene rings is 1. The van der Waals surface area contributed by atoms with Crippen molar-refractivity contribution in [1.82, 2.24) is 10.4 Å². The first-order valence-corrected chi connectivity index (χ1v) is 8.85. The van der Waals surface area contributed by atoms with Gasteiger partial charge >= 0.3 is 12.1 Å². The largest absolute Gasteiger partial charge is 0.444 e. The Morgan fingerprint density at radius 1 is 1.15 bits per heavy atom. The van der Waals surface area contributed by atoms with Crippen LogP contribution in [0.3, 0.4) is 0 Å². The smallest absolute Gasteiger partial charge is 0.408 e. The Kier molecular flexibility index (Phi) is 4.91. The molecule has 1 fully saturated rings. The predicted octanol–water partition coefficient (Wildman–Crippen LogP) is 2.43. The molecule has 1 N–H and O–H groups in total. The Morgan fingerprint density at radius 2 is 1.70 bits per heavy atom. The summed E-state index contributed by atoms with van der Waals surface area (Å²) in [7, 11) is 0. The zero-order chi connectivity index (χ0) is 19.8. The molecule has 0 spiro atoms. The second-order valence-electron chi connectivity index (χ2n) is 7.74. The first kappa shape index (κ1) is 18.9. The molecule has 0 bridgehead atoms. The Morgan fingerprint density at radius 3 is 2.19 bits per heavy atom. The third-order valence-electron chi connectivity index (χ3n) is 4.18. The first-order chi connectivity index (χ1) is 12.7. The van der Waals surface area contributed by atoms with Gasteiger partial charge in [0.15, 0.2) is 0 Å². The van der Waals surface area contributed by atoms with E-state index in [0.29, 0.717) is 17.4 Å². The molecule has 8 nitrogen and oxygen atoms in total. The van der Waals surface area contributed by atoms with Crippen LogP contribution in [0.4, 0.5) is 4.79 Å². The SMILES string of the molecule is CC(C)(C)OC(=O)NC(CC1CC1)C(=O)ON1C(=O)c2ccccc2C1=O. The van der Waals surface area contributed by atoms with Crippen LogP contribution in [0.1, 0.15) is 60.7 Å². The number of hydroxylamine groups is 2. The number of imide groups is 1. The van der Waals surface area contributed by atoms with Crippen LogP contribution in [0, 0.1) is 5.92 Å². The van der Waals surface area contributed by atoms with E-state index in [9.17, 15) is 19.2 Å². The van der Waals surface area contributed by atoms with E-state index in [1.54, 1.807) is 32.9 Å². The van der Waals surface area contributed by atoms with Crippen molar-refractivity contribution in [3.63, 3.8) is 0 Å². The van der Waals surface area contributed by atoms with Crippen molar-refractivity contribution in [2.45, 2.75) is 51.7 Å². The fourth-order valence-corrected chi connectivity index (χ4v) is 2.75. The van der Waals surface area contributed by atoms with Crippen molar-refractivity contribution in [1.29, 1.82) is 0 Å². The molecular formula is C19H22N2O6. The molecule has 0 radical (unpaired) electrons. The topological polar surface area (TPSA) is 102 Å². The highest BCUT2D eigenvalue weighted by atomic mass is 16.7. The number of nitrogens with one attached hydrogen (secondary N) is 1. The van der Waals surface area contributed by atoms with Crippen molar-refractivity contribution in [3.8, 4) is 0 Å². The number of rotatable bonds is 5. The van der Waals surface area contributed by atoms with Gasteiger partial charge in [0.05, 0.1) is 11.1 Å². The van der Waals surface area contributed by atoms with E-state index < -0.39 is 35.5 Å². The van der Waals surface area contributed by atoms with Gasteiger partial charge in [0.2, 0.25) is 0 Å². The van der Waals surface area contributed by atoms with Crippen molar-refractivity contribution >= 4 is 23.9 Å². The highest BCUT2D eigenvalue weighted by Gasteiger charge is 2.41. The average Bonchev–Trinajstić information content (AvgIpc) is 3.36. The average molecular weight is 374 g/mol. The van der Waals surface area contributed by atoms with Crippen LogP contribution in [0.15, 0.2) is 24.3 Å². The molecule has 1 heterocycles. The molecule has 1 aliphatic heterocycles. The number of carbonyl (C=O) groups is 4. The van der Waals surface area contributed by atoms with Crippen LogP contribution in [0.2, 0.25) is 0 Å². The molecule has 8 heteroatoms. The zero-order valence-corrected chi connectivity index (χ0v) is 15.5. The van der Waals surface area contributed by atoms with Crippen molar-refractivity contribution in [2.24, 2.45) is 5.92 Å². The van der Waals surface area contributed by atoms with Gasteiger partial charge in [-0.25, -0.2) is 9.59 Å². The van der Waals surface area contributed by atoms with Gasteiger partial charge in [-0.2, -0.15) is 0 Å². The fourth-order valence-electron chi connectivity index (χ4n) is 2.75. The molecule has 1 aliphatic carbocycles. The minimum absolute atomic E-state index is 0.175. The van der Waals surface area contributed by atoms with Crippen LogP contribution in [-0.4, -0.2) is 40.6 Å². The molecule has 0 saturated heterocycles. The zero-order valence-electron chi connectivity index (χ0n) is 15.5. The normalized spacial score (nSPS) is 17.4. The molecule has 2 aliphatic rings. The molecule has 3 rings (SSSR count). The number of nitrogens with zero attached hydrogens (tertiary/aromatic N) is 1. The maximum Gasteiger partial charge on any atom is 0.408 e. The molecule has 1 aromatic carbocycles. The third kappa shape index (κ3) is 4.45. The molecule has 1 unspecified atom stereocenters. The van der Waals surface area contributed by atoms with Crippen molar-refractivity contribution in [2.75, 3.05) is 0 Å². The molecule has 1 saturated carbocycles. The Bertz CT molecular complexity index is 759. The number of alkyl carbamates (subject to hydrolysis) is 1. The highest BCUT2D eigenvalue weighted by Crippen LogP contribution is 2.34. The van der Waals surface area contributed by atoms with Crippen molar-refractivity contribution < 1.29 is 28.8 Å². The van der Waals surface area contributed by atoms with Gasteiger partial charge in [-0.1, -0.05) is 30.0 Å². The summed E-state index contributed by atoms with van der Waals surface area (Å²) in [4.78, 5) is 54.3. The summed E-state index contributed by atoms with van der Waals surface area (Å²) in [5.74, 6) is -1.99. The minimum Gasteiger partial charge on any atom is -0.444 e. The quantitative estimate of drug-likeness (QED) is 0.794. The Labute approximate surface area is 156 Å². The van der Waals surface area contributed by atoms with E-state index in [1.165, 1.54) is 12.1 Å². The maximum atomic E-state index is 12.6. The summed E-state index contributed by atoms with van der Waals surface area (Å²) in [5, 5.41) is 2.93. The summed E-state index contributed by atoms with van der Waals surface area (Å²) >= 11 is 0. The van der Waals surface area contributed by atoms with Crippen molar-refractivity contribution in [3.05, 3.63) is 35.4 Å². The molecule has 144 valence electrons. The lowest BCUT2D eigenvalue weighted by molar-refractivity contribution is -0.171. The van der Waals surface area contributed by atoms with E-state index in [1.807, 2.05) is 0 Å². The lowest BCUT2D eigenvalue weighted by atomic mass is 10.1. The molecule has 3 amide bonds. The monoisotopic (exact) mass is 374 g/mol. The third-order valence-corrected chi connectivity index (χ3v) is 4.18. The van der Waals surface area contributed by atoms with Crippen LogP contribution >= 0.6 is 0 Å². The van der Waals surface area contributed by atoms with Crippen LogP contribution in [0.5, 0.6) is 0 Å². The van der Waals surface area contributed by atoms with Gasteiger partial charge in [0, 0.05) is 0 Å². The number of hydrogen-bond donors (Lipinski definition) is 1. The number of ether oxygens (including phenoxy) is 1. The van der Waals surface area contributed by atoms with Gasteiger partial charge < -0.3 is 14.9 Å². The van der Waals surface area contributed by atoms with Gasteiger partial charge in [-0.15, -0.1) is 0 Å². The molecule has 1 aromatic rings. The second-order valence-corrected chi connectivity index (χ2v) is 7.74. The predicted molar refractivity (Wildman–Crippen MR) is 93.5 cm³/mol. The lowest BCUT2D eigenvalue weighted by Crippen LogP contribution is -2.47. The van der Waals surface area contributed by atoms with Gasteiger partial charge in [0.1, 0.15) is 11.6 Å². The second kappa shape index (κ2) is 7.02. The maximum absolute atomic E-state index is 12.6. The molecule has 27 heavy (non-hydrogen) atoms. The van der Waals surface area contributed by atoms with E-state index in [0.717, 1.165) is 12.8 Å². The summed E-state index contributed by atoms with van der Waals surface area (Å²) in [6.45, 7) is 5.12. The number of amides is 3. The van der Waals surface area contributed by atoms with E-state index in [-0.39, 0.29) is 11.1 Å². The summed E-state index contributed by atoms with van der Waals surface area (Å²) < 4.78 is 5.18. The fraction of sp³-hybridized carbons (Fsp3) is 0.474.